The predicted octanol–water partition coefficient (Wildman–Crippen LogP) is 4.54. The van der Waals surface area contributed by atoms with Crippen LogP contribution in [0.15, 0.2) is 30.4 Å². The second-order valence-electron chi connectivity index (χ2n) is 9.82. The molecule has 4 fully saturated rings. The van der Waals surface area contributed by atoms with Crippen LogP contribution in [0.2, 0.25) is 10.0 Å². The number of carbonyl (C=O) groups is 3. The molecule has 3 saturated carbocycles. The minimum Gasteiger partial charge on any atom is -0.324 e. The number of nitrogens with zero attached hydrogens (tertiary/aromatic N) is 1. The molecule has 1 heterocycles. The van der Waals surface area contributed by atoms with Crippen LogP contribution >= 0.6 is 23.2 Å². The van der Waals surface area contributed by atoms with E-state index < -0.39 is 0 Å². The topological polar surface area (TPSA) is 66.5 Å². The summed E-state index contributed by atoms with van der Waals surface area (Å²) < 4.78 is 0. The zero-order chi connectivity index (χ0) is 21.4. The number of imide groups is 1. The molecule has 3 amide bonds. The molecule has 0 radical (unpaired) electrons. The van der Waals surface area contributed by atoms with E-state index in [1.165, 1.54) is 6.42 Å². The number of carbonyl (C=O) groups excluding carboxylic acids is 3. The summed E-state index contributed by atoms with van der Waals surface area (Å²) in [5.74, 6) is 1.30. The molecule has 0 spiro atoms. The van der Waals surface area contributed by atoms with E-state index in [4.69, 9.17) is 23.2 Å². The highest BCUT2D eigenvalue weighted by Crippen LogP contribution is 2.65. The van der Waals surface area contributed by atoms with Crippen molar-refractivity contribution in [3.05, 3.63) is 40.4 Å². The van der Waals surface area contributed by atoms with Crippen LogP contribution in [-0.2, 0) is 14.4 Å². The van der Waals surface area contributed by atoms with Crippen LogP contribution in [0, 0.1) is 41.4 Å². The maximum absolute atomic E-state index is 13.3. The first-order valence-electron chi connectivity index (χ1n) is 11.2. The Bertz CT molecular complexity index is 980. The van der Waals surface area contributed by atoms with Gasteiger partial charge in [0.25, 0.3) is 0 Å². The van der Waals surface area contributed by atoms with Crippen molar-refractivity contribution in [2.24, 2.45) is 41.4 Å². The molecule has 6 aliphatic rings. The summed E-state index contributed by atoms with van der Waals surface area (Å²) in [4.78, 5) is 40.9. The lowest BCUT2D eigenvalue weighted by Crippen LogP contribution is -2.44. The third-order valence-corrected chi connectivity index (χ3v) is 8.88. The maximum atomic E-state index is 13.3. The molecule has 1 N–H and O–H groups in total. The molecule has 31 heavy (non-hydrogen) atoms. The van der Waals surface area contributed by atoms with Gasteiger partial charge in [0.05, 0.1) is 22.5 Å². The van der Waals surface area contributed by atoms with E-state index in [2.05, 4.69) is 17.5 Å². The summed E-state index contributed by atoms with van der Waals surface area (Å²) in [6.45, 7) is 0. The van der Waals surface area contributed by atoms with E-state index in [0.717, 1.165) is 0 Å². The number of halogens is 2. The van der Waals surface area contributed by atoms with Gasteiger partial charge in [0.15, 0.2) is 0 Å². The molecular formula is C24H24Cl2N2O3. The summed E-state index contributed by atoms with van der Waals surface area (Å²) in [5.41, 5.74) is 0.511. The summed E-state index contributed by atoms with van der Waals surface area (Å²) in [7, 11) is 0. The van der Waals surface area contributed by atoms with Crippen LogP contribution < -0.4 is 5.32 Å². The molecule has 1 aromatic rings. The van der Waals surface area contributed by atoms with Crippen molar-refractivity contribution in [3.8, 4) is 0 Å². The number of rotatable bonds is 3. The van der Waals surface area contributed by atoms with Gasteiger partial charge in [-0.25, -0.2) is 0 Å². The highest BCUT2D eigenvalue weighted by molar-refractivity contribution is 6.35. The van der Waals surface area contributed by atoms with Crippen LogP contribution in [-0.4, -0.2) is 28.7 Å². The van der Waals surface area contributed by atoms with Crippen molar-refractivity contribution < 1.29 is 14.4 Å². The monoisotopic (exact) mass is 458 g/mol. The highest BCUT2D eigenvalue weighted by atomic mass is 35.5. The van der Waals surface area contributed by atoms with Crippen molar-refractivity contribution in [2.75, 3.05) is 5.32 Å². The zero-order valence-corrected chi connectivity index (χ0v) is 18.5. The van der Waals surface area contributed by atoms with Gasteiger partial charge in [-0.15, -0.1) is 0 Å². The van der Waals surface area contributed by atoms with E-state index >= 15 is 0 Å². The van der Waals surface area contributed by atoms with Gasteiger partial charge in [0, 0.05) is 17.0 Å². The molecule has 0 unspecified atom stereocenters. The Morgan fingerprint density at radius 2 is 1.55 bits per heavy atom. The molecule has 1 saturated heterocycles. The average Bonchev–Trinajstić information content (AvgIpc) is 3.54. The molecule has 1 aromatic carbocycles. The lowest BCUT2D eigenvalue weighted by atomic mass is 9.63. The SMILES string of the molecule is O=C(Nc1cc(Cl)ccc1Cl)C1CCC(N2C(=O)[C@H]3[C@@H]4C=C[C@@H]([C@H]5C[C@H]45)[C@@H]3C2=O)CC1. The number of likely N-dealkylation sites (tertiary alicyclic amines) is 1. The van der Waals surface area contributed by atoms with Crippen molar-refractivity contribution in [3.63, 3.8) is 0 Å². The fourth-order valence-corrected chi connectivity index (χ4v) is 7.10. The van der Waals surface area contributed by atoms with Crippen LogP contribution in [0.5, 0.6) is 0 Å². The fraction of sp³-hybridized carbons (Fsp3) is 0.542. The van der Waals surface area contributed by atoms with E-state index in [1.807, 2.05) is 0 Å². The number of nitrogens with one attached hydrogen (secondary N) is 1. The lowest BCUT2D eigenvalue weighted by Gasteiger charge is -2.37. The number of hydrogen-bond acceptors (Lipinski definition) is 3. The van der Waals surface area contributed by atoms with Gasteiger partial charge in [-0.1, -0.05) is 35.4 Å². The van der Waals surface area contributed by atoms with Crippen molar-refractivity contribution in [1.82, 2.24) is 4.90 Å². The smallest absolute Gasteiger partial charge is 0.233 e. The Balaban J connectivity index is 1.12. The first-order valence-corrected chi connectivity index (χ1v) is 12.0. The van der Waals surface area contributed by atoms with Crippen LogP contribution in [0.3, 0.4) is 0 Å². The van der Waals surface area contributed by atoms with Gasteiger partial charge in [0.1, 0.15) is 0 Å². The molecule has 6 atom stereocenters. The molecule has 0 aromatic heterocycles. The lowest BCUT2D eigenvalue weighted by molar-refractivity contribution is -0.144. The van der Waals surface area contributed by atoms with Crippen LogP contribution in [0.25, 0.3) is 0 Å². The fourth-order valence-electron chi connectivity index (χ4n) is 6.76. The minimum atomic E-state index is -0.160. The van der Waals surface area contributed by atoms with Gasteiger partial charge in [-0.3, -0.25) is 19.3 Å². The molecule has 1 aliphatic heterocycles. The number of allylic oxidation sites excluding steroid dienone is 2. The minimum absolute atomic E-state index is 0.0401. The largest absolute Gasteiger partial charge is 0.324 e. The standard InChI is InChI=1S/C24H24Cl2N2O3/c25-12-3-8-18(26)19(9-12)27-22(29)11-1-4-13(5-2-11)28-23(30)20-14-6-7-15(17-10-16(14)17)21(20)24(28)31/h3,6-9,11,13-17,20-21H,1-2,4-5,10H2,(H,27,29)/t11?,13?,14-,15+,16-,17-,20+,21+/m1/s1. The zero-order valence-electron chi connectivity index (χ0n) is 17.0. The second kappa shape index (κ2) is 7.08. The quantitative estimate of drug-likeness (QED) is 0.533. The van der Waals surface area contributed by atoms with Crippen LogP contribution in [0.4, 0.5) is 5.69 Å². The van der Waals surface area contributed by atoms with Gasteiger partial charge in [-0.05, 0) is 74.0 Å². The molecule has 162 valence electrons. The summed E-state index contributed by atoms with van der Waals surface area (Å²) in [5, 5.41) is 3.84. The molecule has 2 bridgehead atoms. The molecular weight excluding hydrogens is 435 g/mol. The normalized spacial score (nSPS) is 40.0. The van der Waals surface area contributed by atoms with E-state index in [0.29, 0.717) is 53.3 Å². The molecule has 5 aliphatic carbocycles. The Kier molecular flexibility index (Phi) is 4.52. The van der Waals surface area contributed by atoms with Gasteiger partial charge in [-0.2, -0.15) is 0 Å². The summed E-state index contributed by atoms with van der Waals surface area (Å²) in [6.07, 6.45) is 8.23. The Labute approximate surface area is 191 Å². The second-order valence-corrected chi connectivity index (χ2v) is 10.7. The number of hydrogen-bond donors (Lipinski definition) is 1. The highest BCUT2D eigenvalue weighted by Gasteiger charge is 2.67. The van der Waals surface area contributed by atoms with Crippen LogP contribution in [0.1, 0.15) is 32.1 Å². The van der Waals surface area contributed by atoms with Gasteiger partial charge < -0.3 is 5.32 Å². The Morgan fingerprint density at radius 1 is 0.935 bits per heavy atom. The maximum Gasteiger partial charge on any atom is 0.233 e. The van der Waals surface area contributed by atoms with Crippen molar-refractivity contribution in [2.45, 2.75) is 38.1 Å². The van der Waals surface area contributed by atoms with E-state index in [1.54, 1.807) is 23.1 Å². The van der Waals surface area contributed by atoms with Crippen molar-refractivity contribution >= 4 is 46.6 Å². The Morgan fingerprint density at radius 3 is 2.16 bits per heavy atom. The number of benzene rings is 1. The summed E-state index contributed by atoms with van der Waals surface area (Å²) >= 11 is 12.2. The average molecular weight is 459 g/mol. The number of anilines is 1. The van der Waals surface area contributed by atoms with Gasteiger partial charge in [0.2, 0.25) is 17.7 Å². The van der Waals surface area contributed by atoms with E-state index in [9.17, 15) is 14.4 Å². The molecule has 7 rings (SSSR count). The first-order chi connectivity index (χ1) is 14.9. The third-order valence-electron chi connectivity index (χ3n) is 8.32. The van der Waals surface area contributed by atoms with E-state index in [-0.39, 0.29) is 53.4 Å². The predicted molar refractivity (Wildman–Crippen MR) is 117 cm³/mol. The number of amides is 3. The first kappa shape index (κ1) is 19.8. The molecule has 7 heteroatoms. The Hall–Kier alpha value is -1.85. The summed E-state index contributed by atoms with van der Waals surface area (Å²) in [6, 6.07) is 4.90. The third kappa shape index (κ3) is 3.00. The molecule has 5 nitrogen and oxygen atoms in total. The van der Waals surface area contributed by atoms with Crippen molar-refractivity contribution in [1.29, 1.82) is 0 Å². The van der Waals surface area contributed by atoms with Gasteiger partial charge >= 0.3 is 0 Å².